The number of aromatic amines is 1. The van der Waals surface area contributed by atoms with E-state index in [1.807, 2.05) is 6.20 Å². The molecule has 78 valence electrons. The number of nitrogens with one attached hydrogen (secondary N) is 1. The molecule has 0 saturated heterocycles. The Hall–Kier alpha value is -1.03. The van der Waals surface area contributed by atoms with Crippen molar-refractivity contribution >= 4 is 0 Å². The number of imidazole rings is 1. The van der Waals surface area contributed by atoms with Crippen LogP contribution in [0, 0.1) is 0 Å². The van der Waals surface area contributed by atoms with E-state index in [9.17, 15) is 4.79 Å². The van der Waals surface area contributed by atoms with E-state index in [0.717, 1.165) is 25.7 Å². The van der Waals surface area contributed by atoms with Gasteiger partial charge >= 0.3 is 5.69 Å². The molecule has 1 aliphatic rings. The molecular formula is C10H17N3O. The Morgan fingerprint density at radius 1 is 1.64 bits per heavy atom. The van der Waals surface area contributed by atoms with Gasteiger partial charge in [-0.15, -0.1) is 0 Å². The van der Waals surface area contributed by atoms with Gasteiger partial charge in [0.2, 0.25) is 0 Å². The van der Waals surface area contributed by atoms with Crippen molar-refractivity contribution in [2.45, 2.75) is 32.4 Å². The third-order valence-corrected chi connectivity index (χ3v) is 2.82. The summed E-state index contributed by atoms with van der Waals surface area (Å²) >= 11 is 0. The van der Waals surface area contributed by atoms with Crippen molar-refractivity contribution in [3.63, 3.8) is 0 Å². The van der Waals surface area contributed by atoms with Gasteiger partial charge in [0.1, 0.15) is 0 Å². The fourth-order valence-electron chi connectivity index (χ4n) is 1.80. The summed E-state index contributed by atoms with van der Waals surface area (Å²) < 4.78 is 1.73. The largest absolute Gasteiger partial charge is 0.325 e. The van der Waals surface area contributed by atoms with Gasteiger partial charge in [-0.3, -0.25) is 9.47 Å². The lowest BCUT2D eigenvalue weighted by molar-refractivity contribution is 0.265. The van der Waals surface area contributed by atoms with Crippen LogP contribution in [-0.4, -0.2) is 33.6 Å². The third-order valence-electron chi connectivity index (χ3n) is 2.82. The predicted molar refractivity (Wildman–Crippen MR) is 55.3 cm³/mol. The van der Waals surface area contributed by atoms with Gasteiger partial charge in [-0.1, -0.05) is 6.92 Å². The molecule has 0 aromatic carbocycles. The fraction of sp³-hybridized carbons (Fsp3) is 0.700. The summed E-state index contributed by atoms with van der Waals surface area (Å²) in [5.41, 5.74) is -0.00292. The van der Waals surface area contributed by atoms with Gasteiger partial charge in [0.25, 0.3) is 0 Å². The summed E-state index contributed by atoms with van der Waals surface area (Å²) in [5, 5.41) is 0. The Labute approximate surface area is 83.5 Å². The van der Waals surface area contributed by atoms with Crippen LogP contribution >= 0.6 is 0 Å². The van der Waals surface area contributed by atoms with Crippen LogP contribution < -0.4 is 5.69 Å². The maximum absolute atomic E-state index is 11.2. The maximum Gasteiger partial charge on any atom is 0.325 e. The summed E-state index contributed by atoms with van der Waals surface area (Å²) in [6.07, 6.45) is 6.16. The highest BCUT2D eigenvalue weighted by Crippen LogP contribution is 2.26. The van der Waals surface area contributed by atoms with Gasteiger partial charge in [0.15, 0.2) is 0 Å². The van der Waals surface area contributed by atoms with Crippen molar-refractivity contribution in [1.82, 2.24) is 14.5 Å². The van der Waals surface area contributed by atoms with E-state index in [1.54, 1.807) is 10.8 Å². The molecule has 0 amide bonds. The van der Waals surface area contributed by atoms with Crippen molar-refractivity contribution in [3.8, 4) is 0 Å². The second-order valence-electron chi connectivity index (χ2n) is 3.82. The van der Waals surface area contributed by atoms with Crippen molar-refractivity contribution in [1.29, 1.82) is 0 Å². The molecule has 1 saturated carbocycles. The average Bonchev–Trinajstić information content (AvgIpc) is 2.93. The third kappa shape index (κ3) is 2.07. The Bertz CT molecular complexity index is 337. The number of aromatic nitrogens is 2. The Balaban J connectivity index is 1.86. The van der Waals surface area contributed by atoms with Gasteiger partial charge in [0.05, 0.1) is 0 Å². The lowest BCUT2D eigenvalue weighted by atomic mass is 10.4. The molecule has 0 spiro atoms. The van der Waals surface area contributed by atoms with Gasteiger partial charge in [-0.05, 0) is 19.4 Å². The van der Waals surface area contributed by atoms with Crippen molar-refractivity contribution < 1.29 is 0 Å². The molecule has 4 heteroatoms. The van der Waals surface area contributed by atoms with E-state index in [0.29, 0.717) is 0 Å². The average molecular weight is 195 g/mol. The molecule has 0 bridgehead atoms. The van der Waals surface area contributed by atoms with Crippen LogP contribution in [-0.2, 0) is 6.54 Å². The number of likely N-dealkylation sites (N-methyl/N-ethyl adjacent to an activating group) is 1. The zero-order chi connectivity index (χ0) is 9.97. The monoisotopic (exact) mass is 195 g/mol. The molecule has 0 radical (unpaired) electrons. The molecule has 0 unspecified atom stereocenters. The SMILES string of the molecule is CCN(CCn1cc[nH]c1=O)C1CC1. The molecule has 0 atom stereocenters. The van der Waals surface area contributed by atoms with E-state index in [2.05, 4.69) is 16.8 Å². The van der Waals surface area contributed by atoms with Crippen LogP contribution in [0.3, 0.4) is 0 Å². The van der Waals surface area contributed by atoms with Crippen LogP contribution in [0.1, 0.15) is 19.8 Å². The smallest absolute Gasteiger partial charge is 0.313 e. The van der Waals surface area contributed by atoms with Gasteiger partial charge in [0, 0.05) is 31.5 Å². The first-order chi connectivity index (χ1) is 6.81. The molecule has 1 aliphatic carbocycles. The van der Waals surface area contributed by atoms with Crippen molar-refractivity contribution in [2.75, 3.05) is 13.1 Å². The topological polar surface area (TPSA) is 41.0 Å². The van der Waals surface area contributed by atoms with E-state index < -0.39 is 0 Å². The number of H-pyrrole nitrogens is 1. The fourth-order valence-corrected chi connectivity index (χ4v) is 1.80. The molecule has 1 heterocycles. The Morgan fingerprint density at radius 2 is 2.43 bits per heavy atom. The summed E-state index contributed by atoms with van der Waals surface area (Å²) in [6, 6.07) is 0.787. The summed E-state index contributed by atoms with van der Waals surface area (Å²) in [5.74, 6) is 0. The van der Waals surface area contributed by atoms with E-state index >= 15 is 0 Å². The van der Waals surface area contributed by atoms with E-state index in [-0.39, 0.29) is 5.69 Å². The lowest BCUT2D eigenvalue weighted by Gasteiger charge is -2.19. The molecule has 1 aromatic heterocycles. The van der Waals surface area contributed by atoms with Crippen LogP contribution in [0.2, 0.25) is 0 Å². The second-order valence-corrected chi connectivity index (χ2v) is 3.82. The highest BCUT2D eigenvalue weighted by molar-refractivity contribution is 4.84. The molecular weight excluding hydrogens is 178 g/mol. The molecule has 1 N–H and O–H groups in total. The first-order valence-electron chi connectivity index (χ1n) is 5.29. The van der Waals surface area contributed by atoms with Gasteiger partial charge < -0.3 is 4.98 Å². The van der Waals surface area contributed by atoms with Gasteiger partial charge in [-0.25, -0.2) is 4.79 Å². The minimum atomic E-state index is -0.00292. The number of hydrogen-bond donors (Lipinski definition) is 1. The Kier molecular flexibility index (Phi) is 2.72. The summed E-state index contributed by atoms with van der Waals surface area (Å²) in [7, 11) is 0. The number of hydrogen-bond acceptors (Lipinski definition) is 2. The zero-order valence-electron chi connectivity index (χ0n) is 8.57. The van der Waals surface area contributed by atoms with Crippen LogP contribution in [0.25, 0.3) is 0 Å². The standard InChI is InChI=1S/C10H17N3O/c1-2-12(9-3-4-9)7-8-13-6-5-11-10(13)14/h5-6,9H,2-4,7-8H2,1H3,(H,11,14). The normalized spacial score (nSPS) is 16.4. The van der Waals surface area contributed by atoms with Gasteiger partial charge in [-0.2, -0.15) is 0 Å². The second kappa shape index (κ2) is 4.00. The minimum Gasteiger partial charge on any atom is -0.313 e. The first-order valence-corrected chi connectivity index (χ1v) is 5.29. The highest BCUT2D eigenvalue weighted by atomic mass is 16.1. The van der Waals surface area contributed by atoms with Crippen LogP contribution in [0.15, 0.2) is 17.2 Å². The predicted octanol–water partition coefficient (Wildman–Crippen LogP) is 0.661. The van der Waals surface area contributed by atoms with Crippen molar-refractivity contribution in [3.05, 3.63) is 22.9 Å². The number of nitrogens with zero attached hydrogens (tertiary/aromatic N) is 2. The molecule has 4 nitrogen and oxygen atoms in total. The van der Waals surface area contributed by atoms with E-state index in [4.69, 9.17) is 0 Å². The quantitative estimate of drug-likeness (QED) is 0.750. The van der Waals surface area contributed by atoms with Crippen LogP contribution in [0.4, 0.5) is 0 Å². The number of rotatable bonds is 5. The molecule has 14 heavy (non-hydrogen) atoms. The maximum atomic E-state index is 11.2. The molecule has 0 aliphatic heterocycles. The zero-order valence-corrected chi connectivity index (χ0v) is 8.57. The van der Waals surface area contributed by atoms with Crippen LogP contribution in [0.5, 0.6) is 0 Å². The molecule has 1 fully saturated rings. The summed E-state index contributed by atoms with van der Waals surface area (Å²) in [6.45, 7) is 5.05. The highest BCUT2D eigenvalue weighted by Gasteiger charge is 2.27. The molecule has 2 rings (SSSR count). The van der Waals surface area contributed by atoms with E-state index in [1.165, 1.54) is 12.8 Å². The molecule has 1 aromatic rings. The summed E-state index contributed by atoms with van der Waals surface area (Å²) in [4.78, 5) is 16.3. The van der Waals surface area contributed by atoms with Crippen molar-refractivity contribution in [2.24, 2.45) is 0 Å². The minimum absolute atomic E-state index is 0.00292. The Morgan fingerprint density at radius 3 is 2.93 bits per heavy atom. The first kappa shape index (κ1) is 9.52. The lowest BCUT2D eigenvalue weighted by Crippen LogP contribution is -2.31.